The lowest BCUT2D eigenvalue weighted by molar-refractivity contribution is 0.184. The maximum absolute atomic E-state index is 10.8. The maximum atomic E-state index is 10.8. The van der Waals surface area contributed by atoms with E-state index < -0.39 is 12.2 Å². The summed E-state index contributed by atoms with van der Waals surface area (Å²) < 4.78 is 5.15. The lowest BCUT2D eigenvalue weighted by atomic mass is 10.3. The van der Waals surface area contributed by atoms with Gasteiger partial charge in [-0.25, -0.2) is 9.59 Å². The van der Waals surface area contributed by atoms with Crippen LogP contribution in [-0.2, 0) is 0 Å². The number of nitrogens with zero attached hydrogens (tertiary/aromatic N) is 1. The van der Waals surface area contributed by atoms with E-state index in [1.165, 1.54) is 18.2 Å². The van der Waals surface area contributed by atoms with E-state index in [4.69, 9.17) is 14.9 Å². The van der Waals surface area contributed by atoms with Crippen LogP contribution in [0.15, 0.2) is 24.3 Å². The van der Waals surface area contributed by atoms with Gasteiger partial charge in [0, 0.05) is 0 Å². The molecule has 0 saturated carbocycles. The van der Waals surface area contributed by atoms with Crippen molar-refractivity contribution >= 4 is 17.9 Å². The van der Waals surface area contributed by atoms with Crippen molar-refractivity contribution in [1.29, 1.82) is 0 Å². The van der Waals surface area contributed by atoms with Crippen molar-refractivity contribution in [3.63, 3.8) is 0 Å². The summed E-state index contributed by atoms with van der Waals surface area (Å²) in [4.78, 5) is 21.8. The molecule has 0 saturated heterocycles. The highest BCUT2D eigenvalue weighted by Gasteiger charge is 2.24. The van der Waals surface area contributed by atoms with Crippen LogP contribution in [0.2, 0.25) is 0 Å². The van der Waals surface area contributed by atoms with Gasteiger partial charge in [0.05, 0.1) is 6.61 Å². The average Bonchev–Trinajstić information content (AvgIpc) is 2.20. The normalized spacial score (nSPS) is 9.56. The fourth-order valence-corrected chi connectivity index (χ4v) is 1.21. The smallest absolute Gasteiger partial charge is 0.421 e. The Morgan fingerprint density at radius 3 is 2.31 bits per heavy atom. The van der Waals surface area contributed by atoms with Crippen LogP contribution in [0.5, 0.6) is 5.75 Å². The van der Waals surface area contributed by atoms with E-state index in [0.29, 0.717) is 6.61 Å². The molecule has 6 heteroatoms. The number of benzene rings is 1. The van der Waals surface area contributed by atoms with Crippen LogP contribution >= 0.6 is 0 Å². The first-order valence-corrected chi connectivity index (χ1v) is 4.55. The molecule has 0 aliphatic carbocycles. The first-order chi connectivity index (χ1) is 7.57. The summed E-state index contributed by atoms with van der Waals surface area (Å²) >= 11 is 0. The Kier molecular flexibility index (Phi) is 3.71. The molecule has 1 aromatic rings. The van der Waals surface area contributed by atoms with Crippen molar-refractivity contribution in [3.8, 4) is 5.75 Å². The number of carboxylic acid groups (broad SMARTS) is 2. The van der Waals surface area contributed by atoms with Gasteiger partial charge >= 0.3 is 12.2 Å². The van der Waals surface area contributed by atoms with Gasteiger partial charge in [-0.3, -0.25) is 0 Å². The number of hydrogen-bond donors (Lipinski definition) is 2. The number of rotatable bonds is 3. The molecule has 1 rings (SSSR count). The van der Waals surface area contributed by atoms with Gasteiger partial charge in [-0.2, -0.15) is 4.90 Å². The SMILES string of the molecule is CCOc1ccccc1N(C(=O)O)C(=O)O. The second-order valence-corrected chi connectivity index (χ2v) is 2.80. The van der Waals surface area contributed by atoms with Gasteiger partial charge in [-0.15, -0.1) is 0 Å². The van der Waals surface area contributed by atoms with Crippen molar-refractivity contribution in [3.05, 3.63) is 24.3 Å². The van der Waals surface area contributed by atoms with E-state index in [1.54, 1.807) is 13.0 Å². The van der Waals surface area contributed by atoms with Crippen LogP contribution < -0.4 is 9.64 Å². The number of para-hydroxylation sites is 2. The molecule has 2 amide bonds. The van der Waals surface area contributed by atoms with Gasteiger partial charge in [0.25, 0.3) is 0 Å². The molecular formula is C10H11NO5. The van der Waals surface area contributed by atoms with E-state index >= 15 is 0 Å². The molecule has 0 fully saturated rings. The van der Waals surface area contributed by atoms with Crippen molar-refractivity contribution in [2.24, 2.45) is 0 Å². The fourth-order valence-electron chi connectivity index (χ4n) is 1.21. The summed E-state index contributed by atoms with van der Waals surface area (Å²) in [7, 11) is 0. The average molecular weight is 225 g/mol. The Hall–Kier alpha value is -2.24. The number of hydrogen-bond acceptors (Lipinski definition) is 3. The molecule has 0 aliphatic rings. The van der Waals surface area contributed by atoms with Crippen molar-refractivity contribution in [1.82, 2.24) is 0 Å². The van der Waals surface area contributed by atoms with Gasteiger partial charge in [0.1, 0.15) is 11.4 Å². The fraction of sp³-hybridized carbons (Fsp3) is 0.200. The molecule has 0 heterocycles. The molecule has 0 unspecified atom stereocenters. The van der Waals surface area contributed by atoms with E-state index in [-0.39, 0.29) is 16.3 Å². The number of carbonyl (C=O) groups is 2. The first kappa shape index (κ1) is 11.8. The van der Waals surface area contributed by atoms with Crippen molar-refractivity contribution < 1.29 is 24.5 Å². The van der Waals surface area contributed by atoms with Crippen LogP contribution in [0.25, 0.3) is 0 Å². The van der Waals surface area contributed by atoms with Crippen LogP contribution in [0.1, 0.15) is 6.92 Å². The van der Waals surface area contributed by atoms with Crippen LogP contribution in [0.3, 0.4) is 0 Å². The summed E-state index contributed by atoms with van der Waals surface area (Å²) in [6, 6.07) is 6.05. The van der Waals surface area contributed by atoms with Crippen LogP contribution in [0, 0.1) is 0 Å². The maximum Gasteiger partial charge on any atom is 0.421 e. The number of anilines is 1. The van der Waals surface area contributed by atoms with E-state index in [0.717, 1.165) is 0 Å². The highest BCUT2D eigenvalue weighted by atomic mass is 16.5. The zero-order chi connectivity index (χ0) is 12.1. The lowest BCUT2D eigenvalue weighted by Crippen LogP contribution is -2.34. The lowest BCUT2D eigenvalue weighted by Gasteiger charge is -2.16. The molecule has 0 bridgehead atoms. The molecule has 16 heavy (non-hydrogen) atoms. The van der Waals surface area contributed by atoms with Gasteiger partial charge in [0.15, 0.2) is 0 Å². The Bertz CT molecular complexity index is 390. The zero-order valence-corrected chi connectivity index (χ0v) is 8.58. The minimum absolute atomic E-state index is 0.00986. The molecule has 0 spiro atoms. The summed E-state index contributed by atoms with van der Waals surface area (Å²) in [5.41, 5.74) is -0.00986. The highest BCUT2D eigenvalue weighted by Crippen LogP contribution is 2.28. The third-order valence-electron chi connectivity index (χ3n) is 1.79. The number of ether oxygens (including phenoxy) is 1. The topological polar surface area (TPSA) is 87.1 Å². The predicted octanol–water partition coefficient (Wildman–Crippen LogP) is 2.25. The Morgan fingerprint density at radius 1 is 1.25 bits per heavy atom. The van der Waals surface area contributed by atoms with Gasteiger partial charge in [-0.05, 0) is 19.1 Å². The van der Waals surface area contributed by atoms with E-state index in [9.17, 15) is 9.59 Å². The molecule has 1 aromatic carbocycles. The molecule has 86 valence electrons. The third kappa shape index (κ3) is 2.41. The minimum atomic E-state index is -1.57. The minimum Gasteiger partial charge on any atom is -0.492 e. The van der Waals surface area contributed by atoms with Crippen LogP contribution in [-0.4, -0.2) is 29.0 Å². The standard InChI is InChI=1S/C10H11NO5/c1-2-16-8-6-4-3-5-7(8)11(9(12)13)10(14)15/h3-6H,2H2,1H3,(H,12,13)(H,14,15). The largest absolute Gasteiger partial charge is 0.492 e. The molecule has 0 aliphatic heterocycles. The van der Waals surface area contributed by atoms with Gasteiger partial charge in [0.2, 0.25) is 0 Å². The quantitative estimate of drug-likeness (QED) is 0.823. The van der Waals surface area contributed by atoms with Gasteiger partial charge in [-0.1, -0.05) is 12.1 Å². The molecule has 6 nitrogen and oxygen atoms in total. The zero-order valence-electron chi connectivity index (χ0n) is 8.58. The Morgan fingerprint density at radius 2 is 1.81 bits per heavy atom. The molecular weight excluding hydrogens is 214 g/mol. The first-order valence-electron chi connectivity index (χ1n) is 4.55. The van der Waals surface area contributed by atoms with E-state index in [1.807, 2.05) is 0 Å². The molecule has 0 atom stereocenters. The van der Waals surface area contributed by atoms with E-state index in [2.05, 4.69) is 0 Å². The number of amides is 2. The van der Waals surface area contributed by atoms with Crippen molar-refractivity contribution in [2.45, 2.75) is 6.92 Å². The Balaban J connectivity index is 3.18. The summed E-state index contributed by atoms with van der Waals surface area (Å²) in [6.45, 7) is 2.05. The van der Waals surface area contributed by atoms with Crippen molar-refractivity contribution in [2.75, 3.05) is 11.5 Å². The van der Waals surface area contributed by atoms with Crippen LogP contribution in [0.4, 0.5) is 15.3 Å². The molecule has 0 aromatic heterocycles. The molecule has 2 N–H and O–H groups in total. The number of imide groups is 1. The monoisotopic (exact) mass is 225 g/mol. The Labute approximate surface area is 91.7 Å². The highest BCUT2D eigenvalue weighted by molar-refractivity contribution is 6.08. The van der Waals surface area contributed by atoms with Gasteiger partial charge < -0.3 is 14.9 Å². The summed E-state index contributed by atoms with van der Waals surface area (Å²) in [5.74, 6) is 0.217. The summed E-state index contributed by atoms with van der Waals surface area (Å²) in [6.07, 6.45) is -3.14. The second-order valence-electron chi connectivity index (χ2n) is 2.80. The second kappa shape index (κ2) is 5.01. The summed E-state index contributed by atoms with van der Waals surface area (Å²) in [5, 5.41) is 17.6. The molecule has 0 radical (unpaired) electrons. The predicted molar refractivity (Wildman–Crippen MR) is 56.1 cm³/mol. The third-order valence-corrected chi connectivity index (χ3v) is 1.79.